The molecule has 1 aliphatic rings. The lowest BCUT2D eigenvalue weighted by atomic mass is 10.1. The fraction of sp³-hybridized carbons (Fsp3) is 0.286. The number of rotatable bonds is 6. The fourth-order valence-corrected chi connectivity index (χ4v) is 5.22. The number of carbonyl (C=O) groups is 1. The molecule has 1 amide bonds. The Hall–Kier alpha value is -2.40. The molecular formula is C21H23NO3S. The van der Waals surface area contributed by atoms with E-state index in [0.717, 1.165) is 12.0 Å². The quantitative estimate of drug-likeness (QED) is 0.782. The van der Waals surface area contributed by atoms with Gasteiger partial charge in [-0.15, -0.1) is 0 Å². The second kappa shape index (κ2) is 7.87. The number of likely N-dealkylation sites (tertiary alicyclic amines) is 1. The summed E-state index contributed by atoms with van der Waals surface area (Å²) in [4.78, 5) is 14.5. The topological polar surface area (TPSA) is 54.5 Å². The van der Waals surface area contributed by atoms with Gasteiger partial charge in [0.1, 0.15) is 0 Å². The molecular weight excluding hydrogens is 346 g/mol. The number of sulfone groups is 1. The van der Waals surface area contributed by atoms with Gasteiger partial charge in [0, 0.05) is 13.0 Å². The van der Waals surface area contributed by atoms with Crippen LogP contribution in [0.25, 0.3) is 6.08 Å². The van der Waals surface area contributed by atoms with E-state index in [1.54, 1.807) is 35.2 Å². The van der Waals surface area contributed by atoms with Crippen LogP contribution in [0.2, 0.25) is 0 Å². The molecule has 26 heavy (non-hydrogen) atoms. The van der Waals surface area contributed by atoms with Crippen LogP contribution < -0.4 is 0 Å². The summed E-state index contributed by atoms with van der Waals surface area (Å²) in [6, 6.07) is 17.7. The van der Waals surface area contributed by atoms with Gasteiger partial charge in [-0.1, -0.05) is 67.6 Å². The molecule has 136 valence electrons. The first-order valence-electron chi connectivity index (χ1n) is 8.85. The maximum absolute atomic E-state index is 13.1. The maximum Gasteiger partial charge on any atom is 0.224 e. The molecule has 2 aromatic rings. The second-order valence-corrected chi connectivity index (χ2v) is 8.62. The Kier molecular flexibility index (Phi) is 5.57. The van der Waals surface area contributed by atoms with Crippen molar-refractivity contribution in [2.45, 2.75) is 36.0 Å². The number of nitrogens with zero attached hydrogens (tertiary/aromatic N) is 1. The van der Waals surface area contributed by atoms with Crippen LogP contribution >= 0.6 is 0 Å². The summed E-state index contributed by atoms with van der Waals surface area (Å²) in [6.07, 6.45) is 4.58. The van der Waals surface area contributed by atoms with E-state index < -0.39 is 21.1 Å². The van der Waals surface area contributed by atoms with Crippen molar-refractivity contribution in [3.8, 4) is 0 Å². The zero-order valence-corrected chi connectivity index (χ0v) is 15.6. The summed E-state index contributed by atoms with van der Waals surface area (Å²) in [5, 5.41) is -0.760. The first-order valence-corrected chi connectivity index (χ1v) is 10.4. The zero-order chi connectivity index (χ0) is 18.6. The van der Waals surface area contributed by atoms with Crippen LogP contribution in [0.15, 0.2) is 71.6 Å². The average Bonchev–Trinajstić information content (AvgIpc) is 2.98. The van der Waals surface area contributed by atoms with Crippen molar-refractivity contribution in [2.75, 3.05) is 6.54 Å². The first-order chi connectivity index (χ1) is 12.5. The van der Waals surface area contributed by atoms with Gasteiger partial charge in [0.15, 0.2) is 9.84 Å². The van der Waals surface area contributed by atoms with Gasteiger partial charge in [-0.3, -0.25) is 4.79 Å². The van der Waals surface area contributed by atoms with E-state index in [1.807, 2.05) is 49.4 Å². The van der Waals surface area contributed by atoms with Crippen LogP contribution in [0, 0.1) is 0 Å². The van der Waals surface area contributed by atoms with Crippen LogP contribution in [0.4, 0.5) is 0 Å². The van der Waals surface area contributed by atoms with Crippen LogP contribution in [-0.2, 0) is 14.6 Å². The second-order valence-electron chi connectivity index (χ2n) is 6.45. The third-order valence-electron chi connectivity index (χ3n) is 4.66. The van der Waals surface area contributed by atoms with Crippen molar-refractivity contribution in [1.82, 2.24) is 4.90 Å². The highest BCUT2D eigenvalue weighted by Crippen LogP contribution is 2.31. The Morgan fingerprint density at radius 3 is 2.27 bits per heavy atom. The van der Waals surface area contributed by atoms with Gasteiger partial charge in [-0.25, -0.2) is 8.42 Å². The van der Waals surface area contributed by atoms with E-state index in [4.69, 9.17) is 0 Å². The van der Waals surface area contributed by atoms with Crippen LogP contribution in [-0.4, -0.2) is 37.1 Å². The molecule has 0 saturated carbocycles. The van der Waals surface area contributed by atoms with Crippen molar-refractivity contribution < 1.29 is 13.2 Å². The largest absolute Gasteiger partial charge is 0.335 e. The van der Waals surface area contributed by atoms with Crippen molar-refractivity contribution in [3.63, 3.8) is 0 Å². The third kappa shape index (κ3) is 3.73. The van der Waals surface area contributed by atoms with Gasteiger partial charge in [-0.2, -0.15) is 0 Å². The highest BCUT2D eigenvalue weighted by Gasteiger charge is 2.45. The molecule has 0 aliphatic carbocycles. The Balaban J connectivity index is 1.97. The van der Waals surface area contributed by atoms with Gasteiger partial charge in [0.25, 0.3) is 0 Å². The summed E-state index contributed by atoms with van der Waals surface area (Å²) in [7, 11) is -3.59. The van der Waals surface area contributed by atoms with E-state index in [0.29, 0.717) is 6.54 Å². The predicted molar refractivity (Wildman–Crippen MR) is 103 cm³/mol. The number of amides is 1. The minimum atomic E-state index is -3.59. The fourth-order valence-electron chi connectivity index (χ4n) is 3.37. The molecule has 1 heterocycles. The Morgan fingerprint density at radius 2 is 1.65 bits per heavy atom. The molecule has 0 spiro atoms. The number of carbonyl (C=O) groups excluding carboxylic acids is 1. The molecule has 1 fully saturated rings. The Morgan fingerprint density at radius 1 is 1.04 bits per heavy atom. The molecule has 3 rings (SSSR count). The summed E-state index contributed by atoms with van der Waals surface area (Å²) in [6.45, 7) is 2.55. The normalized spacial score (nSPS) is 20.8. The van der Waals surface area contributed by atoms with Crippen molar-refractivity contribution in [3.05, 3.63) is 72.3 Å². The van der Waals surface area contributed by atoms with Gasteiger partial charge in [0.2, 0.25) is 5.91 Å². The van der Waals surface area contributed by atoms with E-state index >= 15 is 0 Å². The van der Waals surface area contributed by atoms with E-state index in [1.165, 1.54) is 0 Å². The Labute approximate surface area is 155 Å². The van der Waals surface area contributed by atoms with Crippen molar-refractivity contribution in [2.24, 2.45) is 0 Å². The zero-order valence-electron chi connectivity index (χ0n) is 14.8. The van der Waals surface area contributed by atoms with E-state index in [9.17, 15) is 13.2 Å². The van der Waals surface area contributed by atoms with Gasteiger partial charge < -0.3 is 4.90 Å². The van der Waals surface area contributed by atoms with Gasteiger partial charge in [0.05, 0.1) is 16.2 Å². The first kappa shape index (κ1) is 18.4. The lowest BCUT2D eigenvalue weighted by Crippen LogP contribution is -2.39. The van der Waals surface area contributed by atoms with Crippen molar-refractivity contribution >= 4 is 21.8 Å². The highest BCUT2D eigenvalue weighted by molar-refractivity contribution is 7.92. The van der Waals surface area contributed by atoms with E-state index in [-0.39, 0.29) is 17.2 Å². The summed E-state index contributed by atoms with van der Waals surface area (Å²) < 4.78 is 26.3. The summed E-state index contributed by atoms with van der Waals surface area (Å²) in [5.74, 6) is -0.0981. The van der Waals surface area contributed by atoms with Crippen LogP contribution in [0.1, 0.15) is 25.3 Å². The average molecular weight is 369 g/mol. The number of hydrogen-bond donors (Lipinski definition) is 0. The molecule has 2 aromatic carbocycles. The number of benzene rings is 2. The molecule has 2 atom stereocenters. The lowest BCUT2D eigenvalue weighted by molar-refractivity contribution is -0.128. The maximum atomic E-state index is 13.1. The molecule has 0 radical (unpaired) electrons. The summed E-state index contributed by atoms with van der Waals surface area (Å²) in [5.41, 5.74) is 0.985. The molecule has 0 aromatic heterocycles. The number of hydrogen-bond acceptors (Lipinski definition) is 3. The standard InChI is InChI=1S/C21H23NO3S/c1-2-15-22-19(14-13-17-9-5-3-6-10-17)20(16-21(22)23)26(24,25)18-11-7-4-8-12-18/h3-14,19-20H,2,15-16H2,1H3/b14-13+/t19-,20+/m0/s1. The van der Waals surface area contributed by atoms with Gasteiger partial charge >= 0.3 is 0 Å². The molecule has 5 heteroatoms. The molecule has 1 aliphatic heterocycles. The highest BCUT2D eigenvalue weighted by atomic mass is 32.2. The SMILES string of the molecule is CCCN1C(=O)C[C@@H](S(=O)(=O)c2ccccc2)[C@@H]1/C=C/c1ccccc1. The molecule has 0 N–H and O–H groups in total. The van der Waals surface area contributed by atoms with E-state index in [2.05, 4.69) is 0 Å². The van der Waals surface area contributed by atoms with Gasteiger partial charge in [-0.05, 0) is 24.1 Å². The molecule has 1 saturated heterocycles. The predicted octanol–water partition coefficient (Wildman–Crippen LogP) is 3.55. The van der Waals surface area contributed by atoms with Crippen LogP contribution in [0.5, 0.6) is 0 Å². The molecule has 4 nitrogen and oxygen atoms in total. The molecule has 0 unspecified atom stereocenters. The minimum absolute atomic E-state index is 0.0288. The monoisotopic (exact) mass is 369 g/mol. The van der Waals surface area contributed by atoms with Crippen molar-refractivity contribution in [1.29, 1.82) is 0 Å². The third-order valence-corrected chi connectivity index (χ3v) is 6.83. The Bertz CT molecular complexity index is 876. The summed E-state index contributed by atoms with van der Waals surface area (Å²) >= 11 is 0. The smallest absolute Gasteiger partial charge is 0.224 e. The minimum Gasteiger partial charge on any atom is -0.335 e. The lowest BCUT2D eigenvalue weighted by Gasteiger charge is -2.25. The molecule has 0 bridgehead atoms. The van der Waals surface area contributed by atoms with Crippen LogP contribution in [0.3, 0.4) is 0 Å².